The largest absolute Gasteiger partial charge is 0.460 e. The number of hydrogen-bond acceptors (Lipinski definition) is 2. The molecule has 364 valence electrons. The Kier molecular flexibility index (Phi) is 12.3. The number of hydrogen-bond donors (Lipinski definition) is 2. The Labute approximate surface area is 351 Å². The predicted molar refractivity (Wildman–Crippen MR) is 158 cm³/mol. The van der Waals surface area contributed by atoms with Crippen LogP contribution in [0.25, 0.3) is 45.4 Å². The van der Waals surface area contributed by atoms with Gasteiger partial charge >= 0.3 is 72.1 Å². The molecule has 0 atom stereocenters. The van der Waals surface area contributed by atoms with E-state index in [0.29, 0.717) is 17.1 Å². The number of allylic oxidation sites excluding steroid dienone is 2. The molecule has 4 nitrogen and oxygen atoms in total. The van der Waals surface area contributed by atoms with Crippen LogP contribution in [-0.2, 0) is 32.3 Å². The summed E-state index contributed by atoms with van der Waals surface area (Å²) in [6.45, 7) is 0. The van der Waals surface area contributed by atoms with Gasteiger partial charge in [0.05, 0.1) is 50.6 Å². The second-order valence-corrected chi connectivity index (χ2v) is 13.2. The van der Waals surface area contributed by atoms with Gasteiger partial charge in [0.15, 0.2) is 0 Å². The van der Waals surface area contributed by atoms with Gasteiger partial charge in [-0.3, -0.25) is 0 Å². The second kappa shape index (κ2) is 15.2. The van der Waals surface area contributed by atoms with Crippen LogP contribution < -0.4 is 0 Å². The summed E-state index contributed by atoms with van der Waals surface area (Å²) < 4.78 is 408. The van der Waals surface area contributed by atoms with Crippen molar-refractivity contribution in [2.75, 3.05) is 0 Å². The third-order valence-corrected chi connectivity index (χ3v) is 8.90. The number of aromatic amines is 2. The number of halogens is 28. The molecule has 5 rings (SSSR count). The van der Waals surface area contributed by atoms with Crippen molar-refractivity contribution in [3.05, 3.63) is 70.3 Å². The first-order valence-electron chi connectivity index (χ1n) is 15.8. The van der Waals surface area contributed by atoms with E-state index in [-0.39, 0.29) is 32.0 Å². The van der Waals surface area contributed by atoms with Crippen molar-refractivity contribution >= 4 is 45.4 Å². The van der Waals surface area contributed by atoms with E-state index in [4.69, 9.17) is 0 Å². The summed E-state index contributed by atoms with van der Waals surface area (Å²) in [5, 5.41) is 0. The SMILES string of the molecule is FC(F)(F)C(F)(F)C(F)(F)C1=C(C(F)(F)C(F)(F)C(F)(F)F)c2nc1cc1nc(cc3ccc(cc4cc(C(F)(F)C(F)(F)C(F)(F)F)c([nH]4)c2C(F)(F)C(F)(F)C(F)(F)F)[nH]3)C=C1.[Pd]. The van der Waals surface area contributed by atoms with Gasteiger partial charge in [0.2, 0.25) is 0 Å². The maximum absolute atomic E-state index is 16.2. The first-order chi connectivity index (χ1) is 28.3. The van der Waals surface area contributed by atoms with Gasteiger partial charge in [0.25, 0.3) is 0 Å². The molecular formula is C32H10F28N4Pd. The van der Waals surface area contributed by atoms with Crippen molar-refractivity contribution in [3.8, 4) is 0 Å². The maximum Gasteiger partial charge on any atom is 0.460 e. The summed E-state index contributed by atoms with van der Waals surface area (Å²) in [5.74, 6) is -65.1. The zero-order valence-electron chi connectivity index (χ0n) is 29.4. The van der Waals surface area contributed by atoms with Crippen molar-refractivity contribution in [2.24, 2.45) is 0 Å². The first kappa shape index (κ1) is 52.9. The minimum absolute atomic E-state index is 0. The van der Waals surface area contributed by atoms with E-state index < -0.39 is 146 Å². The van der Waals surface area contributed by atoms with Crippen LogP contribution in [0.5, 0.6) is 0 Å². The summed E-state index contributed by atoms with van der Waals surface area (Å²) in [4.78, 5) is 8.36. The molecule has 0 fully saturated rings. The molecule has 0 radical (unpaired) electrons. The van der Waals surface area contributed by atoms with Gasteiger partial charge < -0.3 is 9.97 Å². The van der Waals surface area contributed by atoms with Gasteiger partial charge in [0.1, 0.15) is 0 Å². The van der Waals surface area contributed by atoms with E-state index >= 15 is 35.1 Å². The standard InChI is InChI=1S/C32H10F28N4.Pd/c33-21(34,25(41,42)29(49,50)51)14-7-13-6-11-2-1-9(61-11)5-10-3-4-12(62-10)8-15-16(22(35,36)26(43,44)30(52,53)54)17(23(37,38)27(45,46)31(55,56)57)20(64-15)18(19(14)63-13)24(39,40)28(47,48)32(58,59)60;/h1-8,61,63H;. The fourth-order valence-electron chi connectivity index (χ4n) is 5.78. The number of aromatic nitrogens is 4. The topological polar surface area (TPSA) is 57.4 Å². The molecule has 5 heterocycles. The number of alkyl halides is 28. The number of rotatable bonds is 8. The Hall–Kier alpha value is -4.70. The van der Waals surface area contributed by atoms with E-state index in [1.165, 1.54) is 0 Å². The zero-order chi connectivity index (χ0) is 49.4. The van der Waals surface area contributed by atoms with Gasteiger partial charge in [-0.2, -0.15) is 123 Å². The van der Waals surface area contributed by atoms with Gasteiger partial charge in [-0.25, -0.2) is 9.97 Å². The molecule has 0 amide bonds. The van der Waals surface area contributed by atoms with Crippen LogP contribution in [0, 0.1) is 0 Å². The molecule has 2 N–H and O–H groups in total. The molecule has 0 aromatic carbocycles. The van der Waals surface area contributed by atoms with Crippen LogP contribution in [0.4, 0.5) is 123 Å². The number of nitrogens with one attached hydrogen (secondary N) is 2. The average molecular weight is 1090 g/mol. The minimum atomic E-state index is -8.44. The Morgan fingerprint density at radius 2 is 0.754 bits per heavy atom. The van der Waals surface area contributed by atoms with Crippen molar-refractivity contribution in [1.29, 1.82) is 0 Å². The molecule has 65 heavy (non-hydrogen) atoms. The zero-order valence-corrected chi connectivity index (χ0v) is 31.0. The molecule has 3 aromatic heterocycles. The van der Waals surface area contributed by atoms with Crippen molar-refractivity contribution in [3.63, 3.8) is 0 Å². The third-order valence-electron chi connectivity index (χ3n) is 8.90. The first-order valence-corrected chi connectivity index (χ1v) is 15.8. The fraction of sp³-hybridized carbons (Fsp3) is 0.375. The van der Waals surface area contributed by atoms with Crippen molar-refractivity contribution in [1.82, 2.24) is 19.9 Å². The molecule has 0 saturated carbocycles. The summed E-state index contributed by atoms with van der Waals surface area (Å²) in [6.07, 6.45) is -31.0. The van der Waals surface area contributed by atoms with Gasteiger partial charge in [0, 0.05) is 37.0 Å². The molecule has 0 spiro atoms. The Morgan fingerprint density at radius 3 is 1.20 bits per heavy atom. The quantitative estimate of drug-likeness (QED) is 0.136. The number of H-pyrrole nitrogens is 2. The molecular weight excluding hydrogens is 1080 g/mol. The Bertz CT molecular complexity index is 2580. The Balaban J connectivity index is 0.00000925. The minimum Gasteiger partial charge on any atom is -0.355 e. The van der Waals surface area contributed by atoms with Gasteiger partial charge in [-0.05, 0) is 48.6 Å². The normalized spacial score (nSPS) is 15.8. The predicted octanol–water partition coefficient (Wildman–Crippen LogP) is 13.6. The molecule has 2 aliphatic heterocycles. The molecule has 8 bridgehead atoms. The van der Waals surface area contributed by atoms with Crippen LogP contribution in [0.3, 0.4) is 0 Å². The van der Waals surface area contributed by atoms with Gasteiger partial charge in [-0.15, -0.1) is 0 Å². The second-order valence-electron chi connectivity index (χ2n) is 13.2. The van der Waals surface area contributed by atoms with E-state index in [0.717, 1.165) is 18.2 Å². The summed E-state index contributed by atoms with van der Waals surface area (Å²) in [6, 6.07) is 0.524. The smallest absolute Gasteiger partial charge is 0.355 e. The molecule has 2 aliphatic rings. The average Bonchev–Trinajstić information content (AvgIpc) is 3.90. The summed E-state index contributed by atoms with van der Waals surface area (Å²) >= 11 is 0. The summed E-state index contributed by atoms with van der Waals surface area (Å²) in [7, 11) is 0. The van der Waals surface area contributed by atoms with Crippen LogP contribution >= 0.6 is 0 Å². The fourth-order valence-corrected chi connectivity index (χ4v) is 5.78. The molecule has 0 unspecified atom stereocenters. The molecule has 33 heteroatoms. The maximum atomic E-state index is 16.2. The number of nitrogens with zero attached hydrogens (tertiary/aromatic N) is 2. The third kappa shape index (κ3) is 7.87. The number of fused-ring (bicyclic) bond motifs is 8. The van der Waals surface area contributed by atoms with Gasteiger partial charge in [-0.1, -0.05) is 0 Å². The monoisotopic (exact) mass is 1090 g/mol. The van der Waals surface area contributed by atoms with Crippen LogP contribution in [0.1, 0.15) is 33.9 Å². The van der Waals surface area contributed by atoms with E-state index in [9.17, 15) is 87.8 Å². The Morgan fingerprint density at radius 1 is 0.369 bits per heavy atom. The van der Waals surface area contributed by atoms with E-state index in [1.807, 2.05) is 4.98 Å². The molecule has 0 saturated heterocycles. The molecule has 3 aromatic rings. The van der Waals surface area contributed by atoms with E-state index in [2.05, 4.69) is 9.97 Å². The van der Waals surface area contributed by atoms with Crippen LogP contribution in [0.2, 0.25) is 0 Å². The molecule has 0 aliphatic carbocycles. The van der Waals surface area contributed by atoms with Crippen LogP contribution in [-0.4, -0.2) is 80.2 Å². The van der Waals surface area contributed by atoms with Crippen molar-refractivity contribution in [2.45, 2.75) is 72.1 Å². The van der Waals surface area contributed by atoms with E-state index in [1.54, 1.807) is 0 Å². The summed E-state index contributed by atoms with van der Waals surface area (Å²) in [5.41, 5.74) is -34.6. The van der Waals surface area contributed by atoms with Crippen molar-refractivity contribution < 1.29 is 143 Å². The van der Waals surface area contributed by atoms with Crippen LogP contribution in [0.15, 0.2) is 36.4 Å².